The lowest BCUT2D eigenvalue weighted by molar-refractivity contribution is -0.147. The van der Waals surface area contributed by atoms with Gasteiger partial charge < -0.3 is 14.8 Å². The van der Waals surface area contributed by atoms with Crippen LogP contribution in [-0.2, 0) is 14.3 Å². The molecular weight excluding hydrogens is 284 g/mol. The topological polar surface area (TPSA) is 64.6 Å². The zero-order valence-electron chi connectivity index (χ0n) is 11.6. The predicted molar refractivity (Wildman–Crippen MR) is 68.8 cm³/mol. The molecule has 1 aromatic rings. The molecular formula is C14H15F2NO4. The van der Waals surface area contributed by atoms with E-state index >= 15 is 0 Å². The van der Waals surface area contributed by atoms with Crippen molar-refractivity contribution in [2.75, 3.05) is 20.8 Å². The summed E-state index contributed by atoms with van der Waals surface area (Å²) in [6.45, 7) is -0.0128. The summed E-state index contributed by atoms with van der Waals surface area (Å²) in [7, 11) is 2.48. The highest BCUT2D eigenvalue weighted by Crippen LogP contribution is 2.36. The second-order valence-corrected chi connectivity index (χ2v) is 4.75. The third kappa shape index (κ3) is 2.96. The van der Waals surface area contributed by atoms with E-state index in [1.54, 1.807) is 0 Å². The Morgan fingerprint density at radius 1 is 1.29 bits per heavy atom. The van der Waals surface area contributed by atoms with Crippen molar-refractivity contribution in [1.82, 2.24) is 5.32 Å². The van der Waals surface area contributed by atoms with Crippen LogP contribution in [0.1, 0.15) is 17.9 Å². The van der Waals surface area contributed by atoms with Gasteiger partial charge in [0.05, 0.1) is 20.1 Å². The van der Waals surface area contributed by atoms with Crippen LogP contribution >= 0.6 is 0 Å². The van der Waals surface area contributed by atoms with Gasteiger partial charge in [0, 0.05) is 36.6 Å². The fourth-order valence-electron chi connectivity index (χ4n) is 2.52. The Balaban J connectivity index is 2.45. The number of amides is 1. The van der Waals surface area contributed by atoms with Crippen LogP contribution in [0, 0.1) is 17.6 Å². The molecule has 1 amide bonds. The predicted octanol–water partition coefficient (Wildman–Crippen LogP) is 1.37. The second-order valence-electron chi connectivity index (χ2n) is 4.75. The van der Waals surface area contributed by atoms with Crippen LogP contribution in [0.25, 0.3) is 0 Å². The summed E-state index contributed by atoms with van der Waals surface area (Å²) in [6.07, 6.45) is -0.181. The molecule has 0 bridgehead atoms. The van der Waals surface area contributed by atoms with Crippen molar-refractivity contribution in [3.8, 4) is 5.75 Å². The standard InChI is InChI=1S/C14H15F2NO4/c1-20-7-3-10(15)13(11(16)4-7)8-5-12(18)17-6-9(8)14(19)21-2/h3-4,8-9H,5-6H2,1-2H3,(H,17,18). The lowest BCUT2D eigenvalue weighted by Crippen LogP contribution is -2.44. The number of carbonyl (C=O) groups excluding carboxylic acids is 2. The van der Waals surface area contributed by atoms with Crippen molar-refractivity contribution in [1.29, 1.82) is 0 Å². The van der Waals surface area contributed by atoms with E-state index in [2.05, 4.69) is 10.1 Å². The zero-order chi connectivity index (χ0) is 15.6. The van der Waals surface area contributed by atoms with E-state index in [4.69, 9.17) is 4.74 Å². The number of rotatable bonds is 3. The van der Waals surface area contributed by atoms with E-state index < -0.39 is 29.4 Å². The third-order valence-corrected chi connectivity index (χ3v) is 3.57. The van der Waals surface area contributed by atoms with E-state index in [0.29, 0.717) is 0 Å². The Labute approximate surface area is 120 Å². The first-order valence-electron chi connectivity index (χ1n) is 6.35. The number of hydrogen-bond acceptors (Lipinski definition) is 4. The summed E-state index contributed by atoms with van der Waals surface area (Å²) in [6, 6.07) is 2.05. The molecule has 1 aromatic carbocycles. The maximum atomic E-state index is 14.1. The molecule has 2 unspecified atom stereocenters. The lowest BCUT2D eigenvalue weighted by Gasteiger charge is -2.30. The molecule has 5 nitrogen and oxygen atoms in total. The van der Waals surface area contributed by atoms with Gasteiger partial charge in [0.2, 0.25) is 5.91 Å². The molecule has 0 aromatic heterocycles. The summed E-state index contributed by atoms with van der Waals surface area (Å²) < 4.78 is 37.7. The molecule has 1 aliphatic rings. The fraction of sp³-hybridized carbons (Fsp3) is 0.429. The van der Waals surface area contributed by atoms with Crippen LogP contribution in [-0.4, -0.2) is 32.6 Å². The van der Waals surface area contributed by atoms with Crippen molar-refractivity contribution >= 4 is 11.9 Å². The zero-order valence-corrected chi connectivity index (χ0v) is 11.6. The molecule has 1 saturated heterocycles. The molecule has 1 fully saturated rings. The van der Waals surface area contributed by atoms with Crippen molar-refractivity contribution in [3.63, 3.8) is 0 Å². The Hall–Kier alpha value is -2.18. The quantitative estimate of drug-likeness (QED) is 0.856. The average Bonchev–Trinajstić information content (AvgIpc) is 2.45. The van der Waals surface area contributed by atoms with Gasteiger partial charge >= 0.3 is 5.97 Å². The molecule has 7 heteroatoms. The smallest absolute Gasteiger partial charge is 0.311 e. The molecule has 1 heterocycles. The van der Waals surface area contributed by atoms with Crippen molar-refractivity contribution in [2.45, 2.75) is 12.3 Å². The molecule has 1 N–H and O–H groups in total. The first kappa shape index (κ1) is 15.2. The van der Waals surface area contributed by atoms with Gasteiger partial charge in [-0.2, -0.15) is 0 Å². The highest BCUT2D eigenvalue weighted by atomic mass is 19.1. The number of piperidine rings is 1. The van der Waals surface area contributed by atoms with Crippen LogP contribution < -0.4 is 10.1 Å². The molecule has 2 atom stereocenters. The molecule has 1 aliphatic heterocycles. The molecule has 0 saturated carbocycles. The van der Waals surface area contributed by atoms with Crippen LogP contribution in [0.3, 0.4) is 0 Å². The Morgan fingerprint density at radius 2 is 1.90 bits per heavy atom. The number of benzene rings is 1. The minimum absolute atomic E-state index is 0.0128. The van der Waals surface area contributed by atoms with Crippen LogP contribution in [0.15, 0.2) is 12.1 Å². The van der Waals surface area contributed by atoms with Gasteiger partial charge in [0.15, 0.2) is 0 Å². The second kappa shape index (κ2) is 6.07. The molecule has 0 spiro atoms. The van der Waals surface area contributed by atoms with E-state index in [1.807, 2.05) is 0 Å². The average molecular weight is 299 g/mol. The first-order chi connectivity index (χ1) is 9.97. The minimum Gasteiger partial charge on any atom is -0.497 e. The molecule has 0 radical (unpaired) electrons. The van der Waals surface area contributed by atoms with E-state index in [1.165, 1.54) is 14.2 Å². The molecule has 21 heavy (non-hydrogen) atoms. The van der Waals surface area contributed by atoms with Crippen LogP contribution in [0.5, 0.6) is 5.75 Å². The number of methoxy groups -OCH3 is 2. The summed E-state index contributed by atoms with van der Waals surface area (Å²) in [5.74, 6) is -4.38. The summed E-state index contributed by atoms with van der Waals surface area (Å²) in [4.78, 5) is 23.3. The summed E-state index contributed by atoms with van der Waals surface area (Å²) in [5, 5.41) is 2.50. The Kier molecular flexibility index (Phi) is 4.40. The molecule has 114 valence electrons. The number of halogens is 2. The monoisotopic (exact) mass is 299 g/mol. The van der Waals surface area contributed by atoms with Gasteiger partial charge in [-0.15, -0.1) is 0 Å². The minimum atomic E-state index is -0.905. The number of ether oxygens (including phenoxy) is 2. The SMILES string of the molecule is COC(=O)C1CNC(=O)CC1c1c(F)cc(OC)cc1F. The Bertz CT molecular complexity index is 553. The third-order valence-electron chi connectivity index (χ3n) is 3.57. The van der Waals surface area contributed by atoms with Crippen molar-refractivity contribution in [3.05, 3.63) is 29.3 Å². The van der Waals surface area contributed by atoms with Gasteiger partial charge in [-0.1, -0.05) is 0 Å². The molecule has 0 aliphatic carbocycles. The maximum absolute atomic E-state index is 14.1. The fourth-order valence-corrected chi connectivity index (χ4v) is 2.52. The number of carbonyl (C=O) groups is 2. The molecule has 2 rings (SSSR count). The number of nitrogens with one attached hydrogen (secondary N) is 1. The highest BCUT2D eigenvalue weighted by molar-refractivity contribution is 5.83. The summed E-state index contributed by atoms with van der Waals surface area (Å²) in [5.41, 5.74) is -0.291. The Morgan fingerprint density at radius 3 is 2.43 bits per heavy atom. The van der Waals surface area contributed by atoms with Gasteiger partial charge in [0.25, 0.3) is 0 Å². The highest BCUT2D eigenvalue weighted by Gasteiger charge is 2.39. The van der Waals surface area contributed by atoms with Crippen LogP contribution in [0.2, 0.25) is 0 Å². The summed E-state index contributed by atoms with van der Waals surface area (Å²) >= 11 is 0. The van der Waals surface area contributed by atoms with Gasteiger partial charge in [-0.05, 0) is 0 Å². The van der Waals surface area contributed by atoms with Gasteiger partial charge in [-0.3, -0.25) is 9.59 Å². The van der Waals surface area contributed by atoms with Gasteiger partial charge in [-0.25, -0.2) is 8.78 Å². The normalized spacial score (nSPS) is 21.6. The van der Waals surface area contributed by atoms with Crippen LogP contribution in [0.4, 0.5) is 8.78 Å². The largest absolute Gasteiger partial charge is 0.497 e. The van der Waals surface area contributed by atoms with Crippen molar-refractivity contribution in [2.24, 2.45) is 5.92 Å². The van der Waals surface area contributed by atoms with Crippen molar-refractivity contribution < 1.29 is 27.8 Å². The van der Waals surface area contributed by atoms with E-state index in [0.717, 1.165) is 12.1 Å². The number of esters is 1. The van der Waals surface area contributed by atoms with Gasteiger partial charge in [0.1, 0.15) is 17.4 Å². The van der Waals surface area contributed by atoms with E-state index in [-0.39, 0.29) is 30.2 Å². The lowest BCUT2D eigenvalue weighted by atomic mass is 9.80. The maximum Gasteiger partial charge on any atom is 0.311 e. The first-order valence-corrected chi connectivity index (χ1v) is 6.35. The van der Waals surface area contributed by atoms with E-state index in [9.17, 15) is 18.4 Å². The number of hydrogen-bond donors (Lipinski definition) is 1.